The van der Waals surface area contributed by atoms with Crippen LogP contribution in [0.1, 0.15) is 43.6 Å². The van der Waals surface area contributed by atoms with Crippen LogP contribution in [0, 0.1) is 0 Å². The molecule has 0 amide bonds. The lowest BCUT2D eigenvalue weighted by Gasteiger charge is -2.20. The van der Waals surface area contributed by atoms with Gasteiger partial charge in [0, 0.05) is 10.9 Å². The Morgan fingerprint density at radius 1 is 1.05 bits per heavy atom. The Morgan fingerprint density at radius 3 is 2.25 bits per heavy atom. The second kappa shape index (κ2) is 6.11. The summed E-state index contributed by atoms with van der Waals surface area (Å²) in [6, 6.07) is 16.4. The minimum absolute atomic E-state index is 0.147. The van der Waals surface area contributed by atoms with Gasteiger partial charge in [0.05, 0.1) is 6.10 Å². The Labute approximate surface area is 129 Å². The molecule has 0 aliphatic carbocycles. The van der Waals surface area contributed by atoms with Gasteiger partial charge < -0.3 is 5.11 Å². The average Bonchev–Trinajstić information content (AvgIpc) is 2.38. The van der Waals surface area contributed by atoms with Gasteiger partial charge in [-0.2, -0.15) is 0 Å². The van der Waals surface area contributed by atoms with Crippen LogP contribution in [0.5, 0.6) is 0 Å². The zero-order valence-corrected chi connectivity index (χ0v) is 13.8. The van der Waals surface area contributed by atoms with E-state index in [1.807, 2.05) is 36.4 Å². The predicted molar refractivity (Wildman–Crippen MR) is 87.9 cm³/mol. The van der Waals surface area contributed by atoms with E-state index in [9.17, 15) is 5.11 Å². The van der Waals surface area contributed by atoms with Crippen LogP contribution in [0.2, 0.25) is 0 Å². The molecule has 1 nitrogen and oxygen atoms in total. The second-order valence-electron chi connectivity index (χ2n) is 6.22. The Morgan fingerprint density at radius 2 is 1.70 bits per heavy atom. The van der Waals surface area contributed by atoms with E-state index >= 15 is 0 Å². The Balaban J connectivity index is 2.11. The van der Waals surface area contributed by atoms with Gasteiger partial charge in [0.25, 0.3) is 0 Å². The third-order valence-corrected chi connectivity index (χ3v) is 3.97. The maximum Gasteiger partial charge on any atom is 0.0830 e. The fourth-order valence-electron chi connectivity index (χ4n) is 2.21. The predicted octanol–water partition coefficient (Wildman–Crippen LogP) is 5.02. The van der Waals surface area contributed by atoms with Crippen molar-refractivity contribution in [3.05, 3.63) is 69.7 Å². The molecule has 20 heavy (non-hydrogen) atoms. The molecule has 2 rings (SSSR count). The number of rotatable bonds is 3. The normalized spacial score (nSPS) is 13.2. The molecule has 0 bridgehead atoms. The van der Waals surface area contributed by atoms with Crippen molar-refractivity contribution < 1.29 is 5.11 Å². The number of halogens is 1. The zero-order chi connectivity index (χ0) is 14.8. The highest BCUT2D eigenvalue weighted by Gasteiger charge is 2.14. The smallest absolute Gasteiger partial charge is 0.0830 e. The highest BCUT2D eigenvalue weighted by molar-refractivity contribution is 9.10. The molecule has 2 aromatic carbocycles. The summed E-state index contributed by atoms with van der Waals surface area (Å²) >= 11 is 3.46. The largest absolute Gasteiger partial charge is 0.388 e. The third kappa shape index (κ3) is 3.94. The quantitative estimate of drug-likeness (QED) is 0.836. The topological polar surface area (TPSA) is 20.2 Å². The number of hydrogen-bond acceptors (Lipinski definition) is 1. The third-order valence-electron chi connectivity index (χ3n) is 3.48. The van der Waals surface area contributed by atoms with Crippen LogP contribution in [0.15, 0.2) is 53.0 Å². The fourth-order valence-corrected chi connectivity index (χ4v) is 2.66. The Bertz CT molecular complexity index is 567. The van der Waals surface area contributed by atoms with E-state index in [1.54, 1.807) is 0 Å². The lowest BCUT2D eigenvalue weighted by Crippen LogP contribution is -2.11. The van der Waals surface area contributed by atoms with Crippen LogP contribution >= 0.6 is 15.9 Å². The van der Waals surface area contributed by atoms with E-state index in [0.29, 0.717) is 6.42 Å². The number of aliphatic hydroxyl groups is 1. The number of aliphatic hydroxyl groups excluding tert-OH is 1. The molecular formula is C18H21BrO. The van der Waals surface area contributed by atoms with Crippen molar-refractivity contribution in [1.82, 2.24) is 0 Å². The van der Waals surface area contributed by atoms with E-state index in [2.05, 4.69) is 48.8 Å². The summed E-state index contributed by atoms with van der Waals surface area (Å²) in [6.07, 6.45) is 0.173. The number of benzene rings is 2. The summed E-state index contributed by atoms with van der Waals surface area (Å²) < 4.78 is 1.05. The standard InChI is InChI=1S/C18H21BrO/c1-18(2,3)15-9-7-14(8-10-15)17(20)12-13-5-4-6-16(19)11-13/h4-11,17,20H,12H2,1-3H3. The lowest BCUT2D eigenvalue weighted by molar-refractivity contribution is 0.178. The zero-order valence-electron chi connectivity index (χ0n) is 12.2. The van der Waals surface area contributed by atoms with Crippen molar-refractivity contribution in [3.8, 4) is 0 Å². The molecular weight excluding hydrogens is 312 g/mol. The van der Waals surface area contributed by atoms with E-state index in [0.717, 1.165) is 15.6 Å². The summed E-state index contributed by atoms with van der Waals surface area (Å²) in [5.74, 6) is 0. The molecule has 1 N–H and O–H groups in total. The molecule has 0 saturated carbocycles. The highest BCUT2D eigenvalue weighted by atomic mass is 79.9. The maximum atomic E-state index is 10.3. The summed E-state index contributed by atoms with van der Waals surface area (Å²) in [7, 11) is 0. The Hall–Kier alpha value is -1.12. The molecule has 0 saturated heterocycles. The minimum Gasteiger partial charge on any atom is -0.388 e. The molecule has 2 aromatic rings. The molecule has 0 aromatic heterocycles. The van der Waals surface area contributed by atoms with Crippen LogP contribution in [0.25, 0.3) is 0 Å². The lowest BCUT2D eigenvalue weighted by atomic mass is 9.86. The van der Waals surface area contributed by atoms with Gasteiger partial charge >= 0.3 is 0 Å². The van der Waals surface area contributed by atoms with Gasteiger partial charge in [-0.25, -0.2) is 0 Å². The van der Waals surface area contributed by atoms with E-state index < -0.39 is 6.10 Å². The maximum absolute atomic E-state index is 10.3. The SMILES string of the molecule is CC(C)(C)c1ccc(C(O)Cc2cccc(Br)c2)cc1. The first-order chi connectivity index (χ1) is 9.36. The number of hydrogen-bond donors (Lipinski definition) is 1. The van der Waals surface area contributed by atoms with Crippen molar-refractivity contribution in [3.63, 3.8) is 0 Å². The van der Waals surface area contributed by atoms with Crippen molar-refractivity contribution in [2.75, 3.05) is 0 Å². The highest BCUT2D eigenvalue weighted by Crippen LogP contribution is 2.25. The van der Waals surface area contributed by atoms with Crippen molar-refractivity contribution >= 4 is 15.9 Å². The van der Waals surface area contributed by atoms with Crippen LogP contribution in [-0.4, -0.2) is 5.11 Å². The molecule has 106 valence electrons. The molecule has 0 spiro atoms. The van der Waals surface area contributed by atoms with Crippen LogP contribution < -0.4 is 0 Å². The average molecular weight is 333 g/mol. The molecule has 0 radical (unpaired) electrons. The van der Waals surface area contributed by atoms with Crippen LogP contribution in [0.3, 0.4) is 0 Å². The molecule has 0 fully saturated rings. The van der Waals surface area contributed by atoms with Crippen molar-refractivity contribution in [2.45, 2.75) is 38.7 Å². The van der Waals surface area contributed by atoms with Crippen molar-refractivity contribution in [1.29, 1.82) is 0 Å². The van der Waals surface area contributed by atoms with Gasteiger partial charge in [-0.15, -0.1) is 0 Å². The van der Waals surface area contributed by atoms with Gasteiger partial charge in [0.15, 0.2) is 0 Å². The second-order valence-corrected chi connectivity index (χ2v) is 7.14. The van der Waals surface area contributed by atoms with E-state index in [1.165, 1.54) is 5.56 Å². The van der Waals surface area contributed by atoms with Gasteiger partial charge in [0.2, 0.25) is 0 Å². The minimum atomic E-state index is -0.460. The van der Waals surface area contributed by atoms with Gasteiger partial charge in [-0.1, -0.05) is 73.1 Å². The van der Waals surface area contributed by atoms with Gasteiger partial charge in [-0.3, -0.25) is 0 Å². The van der Waals surface area contributed by atoms with Gasteiger partial charge in [0.1, 0.15) is 0 Å². The summed E-state index contributed by atoms with van der Waals surface area (Å²) in [4.78, 5) is 0. The first-order valence-corrected chi connectivity index (χ1v) is 7.68. The summed E-state index contributed by atoms with van der Waals surface area (Å²) in [6.45, 7) is 6.58. The Kier molecular flexibility index (Phi) is 4.66. The van der Waals surface area contributed by atoms with Crippen molar-refractivity contribution in [2.24, 2.45) is 0 Å². The fraction of sp³-hybridized carbons (Fsp3) is 0.333. The molecule has 0 aliphatic rings. The van der Waals surface area contributed by atoms with Gasteiger partial charge in [-0.05, 0) is 34.2 Å². The summed E-state index contributed by atoms with van der Waals surface area (Å²) in [5.41, 5.74) is 3.54. The van der Waals surface area contributed by atoms with E-state index in [4.69, 9.17) is 0 Å². The van der Waals surface area contributed by atoms with Crippen LogP contribution in [-0.2, 0) is 11.8 Å². The first-order valence-electron chi connectivity index (χ1n) is 6.89. The van der Waals surface area contributed by atoms with Crippen LogP contribution in [0.4, 0.5) is 0 Å². The summed E-state index contributed by atoms with van der Waals surface area (Å²) in [5, 5.41) is 10.3. The van der Waals surface area contributed by atoms with E-state index in [-0.39, 0.29) is 5.41 Å². The molecule has 1 unspecified atom stereocenters. The molecule has 1 atom stereocenters. The first kappa shape index (κ1) is 15.3. The molecule has 2 heteroatoms. The molecule has 0 aliphatic heterocycles. The molecule has 0 heterocycles. The monoisotopic (exact) mass is 332 g/mol.